The van der Waals surface area contributed by atoms with Crippen LogP contribution in [0.1, 0.15) is 36.8 Å². The number of benzene rings is 2. The Morgan fingerprint density at radius 3 is 2.62 bits per heavy atom. The van der Waals surface area contributed by atoms with Crippen molar-refractivity contribution in [2.45, 2.75) is 44.6 Å². The van der Waals surface area contributed by atoms with Gasteiger partial charge in [-0.05, 0) is 42.7 Å². The third-order valence-electron chi connectivity index (χ3n) is 6.69. The minimum Gasteiger partial charge on any atom is -0.493 e. The van der Waals surface area contributed by atoms with Crippen LogP contribution in [0.3, 0.4) is 0 Å². The van der Waals surface area contributed by atoms with Gasteiger partial charge >= 0.3 is 0 Å². The van der Waals surface area contributed by atoms with Crippen LogP contribution in [0.2, 0.25) is 0 Å². The smallest absolute Gasteiger partial charge is 0.231 e. The van der Waals surface area contributed by atoms with Crippen molar-refractivity contribution in [3.05, 3.63) is 59.4 Å². The Morgan fingerprint density at radius 1 is 1.09 bits per heavy atom. The third kappa shape index (κ3) is 3.34. The number of amides is 1. The first-order chi connectivity index (χ1) is 15.6. The average Bonchev–Trinajstić information content (AvgIpc) is 3.27. The average molecular weight is 439 g/mol. The van der Waals surface area contributed by atoms with Crippen LogP contribution >= 0.6 is 0 Å². The lowest BCUT2D eigenvalue weighted by molar-refractivity contribution is -0.156. The van der Waals surface area contributed by atoms with E-state index in [1.807, 2.05) is 23.1 Å². The van der Waals surface area contributed by atoms with Crippen molar-refractivity contribution >= 4 is 11.7 Å². The summed E-state index contributed by atoms with van der Waals surface area (Å²) in [6.45, 7) is 0.383. The van der Waals surface area contributed by atoms with E-state index in [0.717, 1.165) is 42.6 Å². The Labute approximate surface area is 186 Å². The second-order valence-electron chi connectivity index (χ2n) is 8.44. The van der Waals surface area contributed by atoms with E-state index >= 15 is 0 Å². The van der Waals surface area contributed by atoms with E-state index in [2.05, 4.69) is 15.4 Å². The van der Waals surface area contributed by atoms with Gasteiger partial charge in [0.1, 0.15) is 5.82 Å². The van der Waals surface area contributed by atoms with Crippen LogP contribution in [0.25, 0.3) is 0 Å². The van der Waals surface area contributed by atoms with E-state index in [1.54, 1.807) is 26.4 Å². The third-order valence-corrected chi connectivity index (χ3v) is 6.69. The van der Waals surface area contributed by atoms with E-state index in [4.69, 9.17) is 9.47 Å². The van der Waals surface area contributed by atoms with Crippen LogP contribution in [0.4, 0.5) is 4.39 Å². The van der Waals surface area contributed by atoms with Crippen LogP contribution in [0.15, 0.2) is 47.6 Å². The Morgan fingerprint density at radius 2 is 1.88 bits per heavy atom. The maximum atomic E-state index is 13.5. The fraction of sp³-hybridized carbons (Fsp3) is 0.417. The molecule has 3 aliphatic rings. The summed E-state index contributed by atoms with van der Waals surface area (Å²) in [4.78, 5) is 17.6. The van der Waals surface area contributed by atoms with Crippen molar-refractivity contribution in [2.75, 3.05) is 14.2 Å². The number of nitrogens with one attached hydrogen (secondary N) is 1. The first kappa shape index (κ1) is 20.6. The highest BCUT2D eigenvalue weighted by Crippen LogP contribution is 2.41. The van der Waals surface area contributed by atoms with Gasteiger partial charge in [-0.1, -0.05) is 31.0 Å². The summed E-state index contributed by atoms with van der Waals surface area (Å²) < 4.78 is 24.6. The topological polar surface area (TPSA) is 66.4 Å². The van der Waals surface area contributed by atoms with Crippen molar-refractivity contribution in [3.63, 3.8) is 0 Å². The number of carbonyl (C=O) groups excluding carboxylic acids is 1. The molecule has 2 fully saturated rings. The molecule has 0 bridgehead atoms. The van der Waals surface area contributed by atoms with E-state index in [-0.39, 0.29) is 23.7 Å². The minimum atomic E-state index is -0.405. The molecule has 2 aromatic rings. The number of halogens is 1. The number of hydrogen-bond donors (Lipinski definition) is 1. The van der Waals surface area contributed by atoms with Gasteiger partial charge in [0.05, 0.1) is 25.7 Å². The SMILES string of the molecule is COc1cccc(C2=NNC3N(Cc4ccc(F)cc4)C(=O)C4CCCCC4N23)c1OC. The highest BCUT2D eigenvalue weighted by Gasteiger charge is 2.51. The zero-order valence-corrected chi connectivity index (χ0v) is 18.3. The summed E-state index contributed by atoms with van der Waals surface area (Å²) in [6.07, 6.45) is 3.51. The fourth-order valence-corrected chi connectivity index (χ4v) is 5.19. The van der Waals surface area contributed by atoms with Crippen LogP contribution < -0.4 is 14.9 Å². The number of methoxy groups -OCH3 is 2. The Hall–Kier alpha value is -3.29. The molecule has 1 aliphatic carbocycles. The first-order valence-electron chi connectivity index (χ1n) is 11.0. The molecule has 1 N–H and O–H groups in total. The molecule has 3 atom stereocenters. The quantitative estimate of drug-likeness (QED) is 0.776. The van der Waals surface area contributed by atoms with Gasteiger partial charge in [-0.3, -0.25) is 15.1 Å². The number of carbonyl (C=O) groups is 1. The molecule has 3 unspecified atom stereocenters. The van der Waals surface area contributed by atoms with E-state index in [0.29, 0.717) is 18.0 Å². The van der Waals surface area contributed by atoms with E-state index < -0.39 is 6.29 Å². The van der Waals surface area contributed by atoms with Gasteiger partial charge in [-0.15, -0.1) is 0 Å². The lowest BCUT2D eigenvalue weighted by Crippen LogP contribution is -2.67. The van der Waals surface area contributed by atoms with Crippen LogP contribution in [0.5, 0.6) is 11.5 Å². The summed E-state index contributed by atoms with van der Waals surface area (Å²) in [6, 6.07) is 12.1. The first-order valence-corrected chi connectivity index (χ1v) is 11.0. The molecule has 2 aromatic carbocycles. The molecule has 0 spiro atoms. The largest absolute Gasteiger partial charge is 0.493 e. The number of fused-ring (bicyclic) bond motifs is 3. The second-order valence-corrected chi connectivity index (χ2v) is 8.44. The summed E-state index contributed by atoms with van der Waals surface area (Å²) in [5, 5.41) is 4.67. The van der Waals surface area contributed by atoms with Gasteiger partial charge in [0.15, 0.2) is 23.6 Å². The second kappa shape index (κ2) is 8.33. The number of para-hydroxylation sites is 1. The number of rotatable bonds is 5. The Kier molecular flexibility index (Phi) is 5.36. The van der Waals surface area contributed by atoms with Crippen molar-refractivity contribution in [2.24, 2.45) is 11.0 Å². The summed E-state index contributed by atoms with van der Waals surface area (Å²) in [7, 11) is 3.23. The minimum absolute atomic E-state index is 0.0652. The number of hydrogen-bond acceptors (Lipinski definition) is 6. The Balaban J connectivity index is 1.53. The van der Waals surface area contributed by atoms with Gasteiger partial charge in [0.2, 0.25) is 5.91 Å². The van der Waals surface area contributed by atoms with Gasteiger partial charge < -0.3 is 14.4 Å². The van der Waals surface area contributed by atoms with E-state index in [1.165, 1.54) is 12.1 Å². The highest BCUT2D eigenvalue weighted by atomic mass is 19.1. The zero-order chi connectivity index (χ0) is 22.2. The lowest BCUT2D eigenvalue weighted by Gasteiger charge is -2.50. The molecule has 0 radical (unpaired) electrons. The number of nitrogens with zero attached hydrogens (tertiary/aromatic N) is 3. The Bertz CT molecular complexity index is 1040. The summed E-state index contributed by atoms with van der Waals surface area (Å²) in [5.41, 5.74) is 4.89. The van der Waals surface area contributed by atoms with Crippen molar-refractivity contribution in [1.82, 2.24) is 15.2 Å². The van der Waals surface area contributed by atoms with Crippen LogP contribution in [0, 0.1) is 11.7 Å². The summed E-state index contributed by atoms with van der Waals surface area (Å²) >= 11 is 0. The number of ether oxygens (including phenoxy) is 2. The molecule has 1 saturated heterocycles. The van der Waals surface area contributed by atoms with Gasteiger partial charge in [0, 0.05) is 12.6 Å². The molecule has 0 aromatic heterocycles. The molecule has 2 aliphatic heterocycles. The monoisotopic (exact) mass is 438 g/mol. The molecule has 5 rings (SSSR count). The van der Waals surface area contributed by atoms with Gasteiger partial charge in [-0.25, -0.2) is 4.39 Å². The molecule has 32 heavy (non-hydrogen) atoms. The summed E-state index contributed by atoms with van der Waals surface area (Å²) in [5.74, 6) is 1.74. The van der Waals surface area contributed by atoms with Crippen LogP contribution in [-0.4, -0.2) is 48.1 Å². The molecule has 168 valence electrons. The number of amidine groups is 1. The van der Waals surface area contributed by atoms with Crippen molar-refractivity contribution in [1.29, 1.82) is 0 Å². The molecular weight excluding hydrogens is 411 g/mol. The zero-order valence-electron chi connectivity index (χ0n) is 18.3. The van der Waals surface area contributed by atoms with Gasteiger partial charge in [0.25, 0.3) is 0 Å². The molecule has 1 saturated carbocycles. The van der Waals surface area contributed by atoms with E-state index in [9.17, 15) is 9.18 Å². The maximum Gasteiger partial charge on any atom is 0.231 e. The maximum absolute atomic E-state index is 13.5. The van der Waals surface area contributed by atoms with Crippen molar-refractivity contribution in [3.8, 4) is 11.5 Å². The molecule has 8 heteroatoms. The standard InChI is InChI=1S/C24H27FN4O3/c1-31-20-9-5-7-18(21(20)32-2)22-26-27-24-28(14-15-10-12-16(25)13-11-15)23(30)17-6-3-4-8-19(17)29(22)24/h5,7,9-13,17,19,24,27H,3-4,6,8,14H2,1-2H3. The predicted molar refractivity (Wildman–Crippen MR) is 118 cm³/mol. The molecule has 7 nitrogen and oxygen atoms in total. The lowest BCUT2D eigenvalue weighted by atomic mass is 9.80. The molecular formula is C24H27FN4O3. The fourth-order valence-electron chi connectivity index (χ4n) is 5.19. The normalized spacial score (nSPS) is 24.4. The number of hydrazone groups is 1. The molecule has 2 heterocycles. The van der Waals surface area contributed by atoms with Gasteiger partial charge in [-0.2, -0.15) is 5.10 Å². The van der Waals surface area contributed by atoms with Crippen molar-refractivity contribution < 1.29 is 18.7 Å². The highest BCUT2D eigenvalue weighted by molar-refractivity contribution is 6.04. The van der Waals surface area contributed by atoms with Crippen LogP contribution in [-0.2, 0) is 11.3 Å². The molecule has 1 amide bonds. The predicted octanol–water partition coefficient (Wildman–Crippen LogP) is 3.29.